The smallest absolute Gasteiger partial charge is 0.255 e. The highest BCUT2D eigenvalue weighted by atomic mass is 16.5. The van der Waals surface area contributed by atoms with Gasteiger partial charge in [-0.25, -0.2) is 9.67 Å². The van der Waals surface area contributed by atoms with Gasteiger partial charge in [-0.05, 0) is 49.4 Å². The molecular formula is C35H48N8O7. The van der Waals surface area contributed by atoms with Crippen LogP contribution < -0.4 is 31.0 Å². The SMILES string of the molecule is CC[C@H](C)[C@@H]1NC(=O)CCCN(C(=O)c2ccc(=O)n(C)c2)CCCNC(=O)Cn2nc(Cc3ccc(OC)c(OC)c3)nc2[C@@H](C)NC1=O. The topological polar surface area (TPSA) is 179 Å². The summed E-state index contributed by atoms with van der Waals surface area (Å²) in [6.07, 6.45) is 3.35. The van der Waals surface area contributed by atoms with Crippen LogP contribution in [0.5, 0.6) is 11.5 Å². The number of hydrogen-bond donors (Lipinski definition) is 3. The quantitative estimate of drug-likeness (QED) is 0.333. The van der Waals surface area contributed by atoms with Crippen LogP contribution in [0.1, 0.15) is 80.1 Å². The number of aryl methyl sites for hydroxylation is 1. The third-order valence-corrected chi connectivity index (χ3v) is 8.78. The van der Waals surface area contributed by atoms with Crippen molar-refractivity contribution >= 4 is 23.6 Å². The Kier molecular flexibility index (Phi) is 13.1. The molecule has 1 aliphatic heterocycles. The molecule has 0 saturated carbocycles. The molecule has 270 valence electrons. The first-order chi connectivity index (χ1) is 23.9. The van der Waals surface area contributed by atoms with E-state index >= 15 is 0 Å². The fourth-order valence-corrected chi connectivity index (χ4v) is 5.74. The number of methoxy groups -OCH3 is 2. The van der Waals surface area contributed by atoms with Gasteiger partial charge in [0, 0.05) is 51.8 Å². The number of benzene rings is 1. The predicted molar refractivity (Wildman–Crippen MR) is 185 cm³/mol. The van der Waals surface area contributed by atoms with Crippen LogP contribution in [0.2, 0.25) is 0 Å². The highest BCUT2D eigenvalue weighted by Gasteiger charge is 2.29. The minimum absolute atomic E-state index is 0.0946. The van der Waals surface area contributed by atoms with Gasteiger partial charge < -0.3 is 34.9 Å². The van der Waals surface area contributed by atoms with Gasteiger partial charge in [0.15, 0.2) is 17.3 Å². The van der Waals surface area contributed by atoms with Crippen LogP contribution in [0.4, 0.5) is 0 Å². The molecule has 2 aromatic heterocycles. The molecule has 0 spiro atoms. The van der Waals surface area contributed by atoms with Crippen LogP contribution in [-0.4, -0.2) is 87.8 Å². The van der Waals surface area contributed by atoms with Gasteiger partial charge in [-0.3, -0.25) is 24.0 Å². The summed E-state index contributed by atoms with van der Waals surface area (Å²) in [5, 5.41) is 13.4. The van der Waals surface area contributed by atoms with E-state index in [4.69, 9.17) is 14.5 Å². The van der Waals surface area contributed by atoms with Crippen molar-refractivity contribution in [3.05, 3.63) is 69.7 Å². The molecular weight excluding hydrogens is 644 g/mol. The lowest BCUT2D eigenvalue weighted by Gasteiger charge is -2.26. The Balaban J connectivity index is 1.61. The minimum Gasteiger partial charge on any atom is -0.493 e. The van der Waals surface area contributed by atoms with Crippen LogP contribution in [0.15, 0.2) is 41.3 Å². The summed E-state index contributed by atoms with van der Waals surface area (Å²) in [7, 11) is 4.69. The summed E-state index contributed by atoms with van der Waals surface area (Å²) in [6.45, 7) is 6.30. The maximum Gasteiger partial charge on any atom is 0.255 e. The van der Waals surface area contributed by atoms with E-state index in [0.29, 0.717) is 60.9 Å². The molecule has 0 fully saturated rings. The van der Waals surface area contributed by atoms with E-state index in [2.05, 4.69) is 21.0 Å². The Hall–Kier alpha value is -5.21. The zero-order valence-corrected chi connectivity index (χ0v) is 29.7. The molecule has 0 saturated heterocycles. The normalized spacial score (nSPS) is 18.8. The lowest BCUT2D eigenvalue weighted by Crippen LogP contribution is -2.51. The van der Waals surface area contributed by atoms with Crippen molar-refractivity contribution in [2.45, 2.75) is 71.5 Å². The molecule has 3 N–H and O–H groups in total. The lowest BCUT2D eigenvalue weighted by molar-refractivity contribution is -0.130. The summed E-state index contributed by atoms with van der Waals surface area (Å²) < 4.78 is 13.6. The number of hydrogen-bond acceptors (Lipinski definition) is 9. The second-order valence-corrected chi connectivity index (χ2v) is 12.5. The van der Waals surface area contributed by atoms with Gasteiger partial charge in [-0.1, -0.05) is 26.3 Å². The van der Waals surface area contributed by atoms with Crippen LogP contribution in [0.3, 0.4) is 0 Å². The molecule has 3 aromatic rings. The standard InChI is InChI=1S/C35H48N8O7/c1-7-22(2)32-34(47)37-23(3)33-38-28(19-24-11-13-26(49-5)27(18-24)50-6)40-43(33)21-30(45)36-15-9-17-42(16-8-10-29(44)39-32)35(48)25-12-14-31(46)41(4)20-25/h11-14,18,20,22-23,32H,7-10,15-17,19,21H2,1-6H3,(H,36,45)(H,37,47)(H,39,44)/t22-,23+,32-/m0/s1. The third kappa shape index (κ3) is 9.70. The fraction of sp³-hybridized carbons (Fsp3) is 0.514. The number of aromatic nitrogens is 4. The van der Waals surface area contributed by atoms with E-state index in [1.807, 2.05) is 26.0 Å². The van der Waals surface area contributed by atoms with Gasteiger partial charge in [-0.2, -0.15) is 5.10 Å². The predicted octanol–water partition coefficient (Wildman–Crippen LogP) is 1.74. The summed E-state index contributed by atoms with van der Waals surface area (Å²) in [6, 6.07) is 6.86. The number of amides is 4. The monoisotopic (exact) mass is 692 g/mol. The fourth-order valence-electron chi connectivity index (χ4n) is 5.74. The molecule has 4 rings (SSSR count). The zero-order chi connectivity index (χ0) is 36.4. The molecule has 3 heterocycles. The summed E-state index contributed by atoms with van der Waals surface area (Å²) in [5.41, 5.74) is 0.959. The molecule has 15 nitrogen and oxygen atoms in total. The summed E-state index contributed by atoms with van der Waals surface area (Å²) in [5.74, 6) is 0.497. The minimum atomic E-state index is -0.817. The van der Waals surface area contributed by atoms with Crippen LogP contribution in [-0.2, 0) is 34.4 Å². The molecule has 15 heteroatoms. The van der Waals surface area contributed by atoms with Crippen molar-refractivity contribution in [3.63, 3.8) is 0 Å². The number of carbonyl (C=O) groups is 4. The Labute approximate surface area is 291 Å². The second-order valence-electron chi connectivity index (χ2n) is 12.5. The first kappa shape index (κ1) is 37.6. The molecule has 4 amide bonds. The average molecular weight is 693 g/mol. The second kappa shape index (κ2) is 17.4. The average Bonchev–Trinajstić information content (AvgIpc) is 3.49. The number of ether oxygens (including phenoxy) is 2. The van der Waals surface area contributed by atoms with E-state index in [1.54, 1.807) is 39.2 Å². The third-order valence-electron chi connectivity index (χ3n) is 8.78. The highest BCUT2D eigenvalue weighted by Crippen LogP contribution is 2.28. The Morgan fingerprint density at radius 1 is 1.00 bits per heavy atom. The Morgan fingerprint density at radius 3 is 2.44 bits per heavy atom. The van der Waals surface area contributed by atoms with Crippen molar-refractivity contribution in [3.8, 4) is 11.5 Å². The van der Waals surface area contributed by atoms with Crippen LogP contribution in [0.25, 0.3) is 0 Å². The maximum atomic E-state index is 13.7. The van der Waals surface area contributed by atoms with Crippen molar-refractivity contribution < 1.29 is 28.7 Å². The van der Waals surface area contributed by atoms with Gasteiger partial charge in [0.05, 0.1) is 25.8 Å². The number of rotatable bonds is 7. The van der Waals surface area contributed by atoms with Crippen LogP contribution in [0, 0.1) is 5.92 Å². The van der Waals surface area contributed by atoms with E-state index in [0.717, 1.165) is 5.56 Å². The zero-order valence-electron chi connectivity index (χ0n) is 29.7. The highest BCUT2D eigenvalue weighted by molar-refractivity contribution is 5.94. The van der Waals surface area contributed by atoms with Crippen molar-refractivity contribution in [1.82, 2.24) is 40.2 Å². The first-order valence-corrected chi connectivity index (χ1v) is 16.9. The molecule has 0 unspecified atom stereocenters. The number of nitrogens with zero attached hydrogens (tertiary/aromatic N) is 5. The van der Waals surface area contributed by atoms with Gasteiger partial charge in [0.2, 0.25) is 23.3 Å². The number of carbonyl (C=O) groups excluding carboxylic acids is 4. The van der Waals surface area contributed by atoms with E-state index in [9.17, 15) is 24.0 Å². The molecule has 50 heavy (non-hydrogen) atoms. The Bertz CT molecular complexity index is 1740. The molecule has 0 bridgehead atoms. The van der Waals surface area contributed by atoms with Gasteiger partial charge in [0.25, 0.3) is 5.91 Å². The van der Waals surface area contributed by atoms with Gasteiger partial charge in [-0.15, -0.1) is 0 Å². The number of fused-ring (bicyclic) bond motifs is 1. The van der Waals surface area contributed by atoms with E-state index in [1.165, 1.54) is 27.6 Å². The number of nitrogens with one attached hydrogen (secondary N) is 3. The van der Waals surface area contributed by atoms with E-state index in [-0.39, 0.29) is 61.2 Å². The largest absolute Gasteiger partial charge is 0.493 e. The van der Waals surface area contributed by atoms with Gasteiger partial charge in [0.1, 0.15) is 18.4 Å². The maximum absolute atomic E-state index is 13.7. The van der Waals surface area contributed by atoms with Crippen molar-refractivity contribution in [2.75, 3.05) is 33.9 Å². The summed E-state index contributed by atoms with van der Waals surface area (Å²) in [4.78, 5) is 71.7. The molecule has 1 aliphatic rings. The lowest BCUT2D eigenvalue weighted by atomic mass is 9.97. The molecule has 0 aliphatic carbocycles. The van der Waals surface area contributed by atoms with Gasteiger partial charge >= 0.3 is 0 Å². The summed E-state index contributed by atoms with van der Waals surface area (Å²) >= 11 is 0. The first-order valence-electron chi connectivity index (χ1n) is 16.9. The van der Waals surface area contributed by atoms with E-state index < -0.39 is 12.1 Å². The molecule has 3 atom stereocenters. The Morgan fingerprint density at radius 2 is 1.74 bits per heavy atom. The number of pyridine rings is 1. The van der Waals surface area contributed by atoms with Crippen molar-refractivity contribution in [1.29, 1.82) is 0 Å². The van der Waals surface area contributed by atoms with Crippen LogP contribution >= 0.6 is 0 Å². The molecule has 1 aromatic carbocycles. The van der Waals surface area contributed by atoms with Crippen molar-refractivity contribution in [2.24, 2.45) is 13.0 Å². The molecule has 0 radical (unpaired) electrons.